The molecule has 2 N–H and O–H groups in total. The van der Waals surface area contributed by atoms with Crippen molar-refractivity contribution in [2.45, 2.75) is 19.4 Å². The molecule has 1 aromatic heterocycles. The van der Waals surface area contributed by atoms with Crippen LogP contribution in [0.2, 0.25) is 0 Å². The maximum atomic E-state index is 12.1. The fourth-order valence-corrected chi connectivity index (χ4v) is 2.01. The summed E-state index contributed by atoms with van der Waals surface area (Å²) in [5.41, 5.74) is 0.647. The van der Waals surface area contributed by atoms with Crippen molar-refractivity contribution in [3.8, 4) is 6.07 Å². The van der Waals surface area contributed by atoms with E-state index >= 15 is 0 Å². The lowest BCUT2D eigenvalue weighted by atomic mass is 10.2. The third-order valence-corrected chi connectivity index (χ3v) is 3.34. The molecular formula is C18H17N3O5. The number of nitrogens with one attached hydrogen (secondary N) is 2. The first-order chi connectivity index (χ1) is 12.5. The Labute approximate surface area is 149 Å². The van der Waals surface area contributed by atoms with Crippen molar-refractivity contribution in [3.63, 3.8) is 0 Å². The molecule has 0 bridgehead atoms. The molecule has 0 aliphatic carbocycles. The lowest BCUT2D eigenvalue weighted by Crippen LogP contribution is -2.32. The molecule has 1 aromatic carbocycles. The first kappa shape index (κ1) is 18.7. The zero-order valence-electron chi connectivity index (χ0n) is 14.0. The van der Waals surface area contributed by atoms with Gasteiger partial charge in [0, 0.05) is 6.54 Å². The minimum atomic E-state index is -1.05. The van der Waals surface area contributed by atoms with E-state index in [4.69, 9.17) is 14.4 Å². The van der Waals surface area contributed by atoms with Crippen molar-refractivity contribution in [3.05, 3.63) is 54.0 Å². The highest BCUT2D eigenvalue weighted by Gasteiger charge is 2.19. The van der Waals surface area contributed by atoms with Crippen LogP contribution >= 0.6 is 0 Å². The van der Waals surface area contributed by atoms with Crippen LogP contribution in [0.25, 0.3) is 0 Å². The van der Waals surface area contributed by atoms with Gasteiger partial charge < -0.3 is 19.8 Å². The summed E-state index contributed by atoms with van der Waals surface area (Å²) in [6.07, 6.45) is 0.224. The molecular weight excluding hydrogens is 338 g/mol. The monoisotopic (exact) mass is 355 g/mol. The van der Waals surface area contributed by atoms with Crippen LogP contribution in [0.1, 0.15) is 29.5 Å². The van der Waals surface area contributed by atoms with Gasteiger partial charge in [-0.05, 0) is 31.2 Å². The summed E-state index contributed by atoms with van der Waals surface area (Å²) in [6, 6.07) is 11.5. The standard InChI is InChI=1S/C18H17N3O5/c1-12(17(23)21-14-6-3-2-5-13(14)11-19)26-16(22)8-9-20-18(24)15-7-4-10-25-15/h2-7,10,12H,8-9H2,1H3,(H,20,24)(H,21,23). The van der Waals surface area contributed by atoms with E-state index in [9.17, 15) is 14.4 Å². The van der Waals surface area contributed by atoms with Crippen molar-refractivity contribution in [1.82, 2.24) is 5.32 Å². The van der Waals surface area contributed by atoms with Crippen LogP contribution in [0.3, 0.4) is 0 Å². The Bertz CT molecular complexity index is 824. The normalized spacial score (nSPS) is 11.1. The number of carbonyl (C=O) groups excluding carboxylic acids is 3. The van der Waals surface area contributed by atoms with Gasteiger partial charge in [-0.15, -0.1) is 0 Å². The number of furan rings is 1. The molecule has 2 aromatic rings. The van der Waals surface area contributed by atoms with Crippen molar-refractivity contribution in [2.75, 3.05) is 11.9 Å². The summed E-state index contributed by atoms with van der Waals surface area (Å²) in [5, 5.41) is 14.0. The highest BCUT2D eigenvalue weighted by molar-refractivity contribution is 5.96. The lowest BCUT2D eigenvalue weighted by Gasteiger charge is -2.14. The number of nitriles is 1. The second-order valence-electron chi connectivity index (χ2n) is 5.26. The molecule has 0 aliphatic rings. The molecule has 1 heterocycles. The van der Waals surface area contributed by atoms with Gasteiger partial charge in [0.05, 0.1) is 23.9 Å². The Morgan fingerprint density at radius 1 is 1.23 bits per heavy atom. The topological polar surface area (TPSA) is 121 Å². The molecule has 26 heavy (non-hydrogen) atoms. The molecule has 134 valence electrons. The van der Waals surface area contributed by atoms with Crippen LogP contribution in [0.5, 0.6) is 0 Å². The number of esters is 1. The van der Waals surface area contributed by atoms with Crippen molar-refractivity contribution in [1.29, 1.82) is 5.26 Å². The number of para-hydroxylation sites is 1. The smallest absolute Gasteiger partial charge is 0.308 e. The average molecular weight is 355 g/mol. The number of carbonyl (C=O) groups is 3. The van der Waals surface area contributed by atoms with Crippen LogP contribution in [-0.2, 0) is 14.3 Å². The number of hydrogen-bond donors (Lipinski definition) is 2. The Balaban J connectivity index is 1.76. The first-order valence-corrected chi connectivity index (χ1v) is 7.82. The van der Waals surface area contributed by atoms with Gasteiger partial charge in [-0.1, -0.05) is 12.1 Å². The fourth-order valence-electron chi connectivity index (χ4n) is 2.01. The van der Waals surface area contributed by atoms with Crippen molar-refractivity contribution >= 4 is 23.5 Å². The zero-order chi connectivity index (χ0) is 18.9. The maximum Gasteiger partial charge on any atom is 0.308 e. The number of anilines is 1. The minimum absolute atomic E-state index is 0.0456. The predicted octanol–water partition coefficient (Wildman–Crippen LogP) is 1.84. The molecule has 1 atom stereocenters. The summed E-state index contributed by atoms with van der Waals surface area (Å²) in [6.45, 7) is 1.47. The van der Waals surface area contributed by atoms with E-state index in [2.05, 4.69) is 10.6 Å². The molecule has 0 saturated heterocycles. The Morgan fingerprint density at radius 2 is 2.00 bits per heavy atom. The SMILES string of the molecule is CC(OC(=O)CCNC(=O)c1ccco1)C(=O)Nc1ccccc1C#N. The number of hydrogen-bond acceptors (Lipinski definition) is 6. The number of ether oxygens (including phenoxy) is 1. The Morgan fingerprint density at radius 3 is 2.69 bits per heavy atom. The van der Waals surface area contributed by atoms with Gasteiger partial charge in [0.25, 0.3) is 11.8 Å². The van der Waals surface area contributed by atoms with Crippen molar-refractivity contribution < 1.29 is 23.5 Å². The highest BCUT2D eigenvalue weighted by Crippen LogP contribution is 2.14. The molecule has 0 fully saturated rings. The van der Waals surface area contributed by atoms with E-state index in [1.54, 1.807) is 30.3 Å². The molecule has 0 aliphatic heterocycles. The number of amides is 2. The fraction of sp³-hybridized carbons (Fsp3) is 0.222. The largest absolute Gasteiger partial charge is 0.459 e. The summed E-state index contributed by atoms with van der Waals surface area (Å²) in [4.78, 5) is 35.5. The van der Waals surface area contributed by atoms with Gasteiger partial charge in [0.2, 0.25) is 0 Å². The van der Waals surface area contributed by atoms with E-state index in [0.29, 0.717) is 11.3 Å². The third-order valence-electron chi connectivity index (χ3n) is 3.34. The van der Waals surface area contributed by atoms with Crippen LogP contribution in [0.4, 0.5) is 5.69 Å². The van der Waals surface area contributed by atoms with E-state index in [0.717, 1.165) is 0 Å². The first-order valence-electron chi connectivity index (χ1n) is 7.82. The molecule has 0 saturated carbocycles. The maximum absolute atomic E-state index is 12.1. The third kappa shape index (κ3) is 5.21. The van der Waals surface area contributed by atoms with Crippen LogP contribution in [0, 0.1) is 11.3 Å². The molecule has 0 radical (unpaired) electrons. The number of rotatable bonds is 7. The lowest BCUT2D eigenvalue weighted by molar-refractivity contribution is -0.153. The summed E-state index contributed by atoms with van der Waals surface area (Å²) in [7, 11) is 0. The summed E-state index contributed by atoms with van der Waals surface area (Å²) >= 11 is 0. The van der Waals surface area contributed by atoms with Crippen LogP contribution in [-0.4, -0.2) is 30.4 Å². The Hall–Kier alpha value is -3.60. The van der Waals surface area contributed by atoms with E-state index < -0.39 is 23.9 Å². The summed E-state index contributed by atoms with van der Waals surface area (Å²) in [5.74, 6) is -1.49. The molecule has 2 amide bonds. The molecule has 8 heteroatoms. The van der Waals surface area contributed by atoms with Gasteiger partial charge in [-0.3, -0.25) is 14.4 Å². The van der Waals surface area contributed by atoms with Gasteiger partial charge in [0.15, 0.2) is 11.9 Å². The zero-order valence-corrected chi connectivity index (χ0v) is 14.0. The number of benzene rings is 1. The van der Waals surface area contributed by atoms with Gasteiger partial charge in [-0.2, -0.15) is 5.26 Å². The summed E-state index contributed by atoms with van der Waals surface area (Å²) < 4.78 is 9.94. The van der Waals surface area contributed by atoms with Crippen LogP contribution < -0.4 is 10.6 Å². The molecule has 1 unspecified atom stereocenters. The van der Waals surface area contributed by atoms with E-state index in [1.807, 2.05) is 6.07 Å². The van der Waals surface area contributed by atoms with Gasteiger partial charge in [-0.25, -0.2) is 0 Å². The predicted molar refractivity (Wildman–Crippen MR) is 91.0 cm³/mol. The molecule has 2 rings (SSSR count). The number of nitrogens with zero attached hydrogens (tertiary/aromatic N) is 1. The quantitative estimate of drug-likeness (QED) is 0.731. The molecule has 8 nitrogen and oxygen atoms in total. The van der Waals surface area contributed by atoms with Gasteiger partial charge >= 0.3 is 5.97 Å². The highest BCUT2D eigenvalue weighted by atomic mass is 16.5. The van der Waals surface area contributed by atoms with E-state index in [-0.39, 0.29) is 18.7 Å². The second-order valence-corrected chi connectivity index (χ2v) is 5.26. The van der Waals surface area contributed by atoms with E-state index in [1.165, 1.54) is 19.3 Å². The minimum Gasteiger partial charge on any atom is -0.459 e. The van der Waals surface area contributed by atoms with Gasteiger partial charge in [0.1, 0.15) is 6.07 Å². The van der Waals surface area contributed by atoms with Crippen LogP contribution in [0.15, 0.2) is 47.1 Å². The van der Waals surface area contributed by atoms with Crippen molar-refractivity contribution in [2.24, 2.45) is 0 Å². The average Bonchev–Trinajstić information content (AvgIpc) is 3.16. The second kappa shape index (κ2) is 9.03. The Kier molecular flexibility index (Phi) is 6.51. The molecule has 0 spiro atoms.